The lowest BCUT2D eigenvalue weighted by Gasteiger charge is -2.47. The topological polar surface area (TPSA) is 98.7 Å². The highest BCUT2D eigenvalue weighted by Crippen LogP contribution is 2.41. The van der Waals surface area contributed by atoms with E-state index in [1.54, 1.807) is 43.3 Å². The molecule has 2 heterocycles. The Hall–Kier alpha value is -3.56. The molecule has 1 aliphatic carbocycles. The van der Waals surface area contributed by atoms with Gasteiger partial charge < -0.3 is 15.3 Å². The van der Waals surface area contributed by atoms with Gasteiger partial charge in [-0.1, -0.05) is 55.1 Å². The van der Waals surface area contributed by atoms with Crippen molar-refractivity contribution in [1.82, 2.24) is 15.3 Å². The molecule has 2 amide bonds. The number of aliphatic hydroxyl groups excluding tert-OH is 1. The zero-order chi connectivity index (χ0) is 28.3. The van der Waals surface area contributed by atoms with Gasteiger partial charge in [0.2, 0.25) is 11.9 Å². The van der Waals surface area contributed by atoms with Gasteiger partial charge in [-0.15, -0.1) is 0 Å². The number of aromatic nitrogens is 2. The number of amides is 2. The zero-order valence-electron chi connectivity index (χ0n) is 22.3. The Bertz CT molecular complexity index is 1360. The van der Waals surface area contributed by atoms with Crippen molar-refractivity contribution in [2.24, 2.45) is 0 Å². The number of halogens is 2. The molecule has 2 aromatic carbocycles. The van der Waals surface area contributed by atoms with Crippen molar-refractivity contribution < 1.29 is 19.1 Å². The number of hydrogen-bond acceptors (Lipinski definition) is 6. The Morgan fingerprint density at radius 2 is 1.82 bits per heavy atom. The summed E-state index contributed by atoms with van der Waals surface area (Å²) in [7, 11) is 0. The van der Waals surface area contributed by atoms with E-state index in [0.29, 0.717) is 10.6 Å². The van der Waals surface area contributed by atoms with Gasteiger partial charge in [-0.2, -0.15) is 0 Å². The minimum Gasteiger partial charge on any atom is -0.371 e. The first kappa shape index (κ1) is 28.0. The van der Waals surface area contributed by atoms with E-state index in [9.17, 15) is 19.1 Å². The predicted octanol–water partition coefficient (Wildman–Crippen LogP) is 4.95. The van der Waals surface area contributed by atoms with Gasteiger partial charge in [0.25, 0.3) is 5.91 Å². The second-order valence-electron chi connectivity index (χ2n) is 10.5. The number of aliphatic hydroxyl groups is 1. The van der Waals surface area contributed by atoms with Gasteiger partial charge in [0.15, 0.2) is 0 Å². The molecule has 0 spiro atoms. The maximum Gasteiger partial charge on any atom is 0.250 e. The average molecular weight is 566 g/mol. The highest BCUT2D eigenvalue weighted by Gasteiger charge is 2.50. The van der Waals surface area contributed by atoms with Gasteiger partial charge in [-0.05, 0) is 56.5 Å². The molecule has 5 rings (SSSR count). The number of nitrogens with zero attached hydrogens (tertiary/aromatic N) is 4. The van der Waals surface area contributed by atoms with E-state index < -0.39 is 23.6 Å². The Balaban J connectivity index is 1.65. The van der Waals surface area contributed by atoms with E-state index in [4.69, 9.17) is 11.6 Å². The number of anilines is 2. The maximum absolute atomic E-state index is 14.7. The van der Waals surface area contributed by atoms with Gasteiger partial charge in [0.05, 0.1) is 6.04 Å². The number of rotatable bonds is 8. The molecule has 210 valence electrons. The van der Waals surface area contributed by atoms with Crippen LogP contribution in [0.5, 0.6) is 0 Å². The summed E-state index contributed by atoms with van der Waals surface area (Å²) in [6.45, 7) is 1.68. The molecule has 0 radical (unpaired) electrons. The standard InChI is InChI=1S/C30H33ClFN5O3/c1-30(23-13-5-6-14-24(23)31,28(40)35-21-10-3-2-4-11-21)37(22-12-7-9-20(32)19-22)27(39)25-15-16-26(38)36(25)29-33-17-8-18-34-29/h5-9,12-14,17-19,21,25,27,39H,2-4,10-11,15-16H2,1H3,(H,35,40)/t25-,27?,30?/m0/s1. The minimum atomic E-state index is -1.59. The van der Waals surface area contributed by atoms with E-state index in [-0.39, 0.29) is 42.3 Å². The van der Waals surface area contributed by atoms with E-state index in [1.165, 1.54) is 40.4 Å². The highest BCUT2D eigenvalue weighted by atomic mass is 35.5. The Morgan fingerprint density at radius 3 is 2.52 bits per heavy atom. The zero-order valence-corrected chi connectivity index (χ0v) is 23.1. The number of carbonyl (C=O) groups is 2. The van der Waals surface area contributed by atoms with E-state index in [1.807, 2.05) is 0 Å². The molecule has 1 aromatic heterocycles. The fourth-order valence-corrected chi connectivity index (χ4v) is 6.25. The van der Waals surface area contributed by atoms with Crippen molar-refractivity contribution in [3.05, 3.63) is 83.4 Å². The van der Waals surface area contributed by atoms with Crippen LogP contribution in [0.4, 0.5) is 16.0 Å². The lowest BCUT2D eigenvalue weighted by atomic mass is 9.85. The Morgan fingerprint density at radius 1 is 1.10 bits per heavy atom. The molecular weight excluding hydrogens is 533 g/mol. The van der Waals surface area contributed by atoms with Crippen LogP contribution in [-0.4, -0.2) is 45.2 Å². The van der Waals surface area contributed by atoms with Crippen LogP contribution in [-0.2, 0) is 15.1 Å². The maximum atomic E-state index is 14.7. The molecule has 2 aliphatic rings. The first-order valence-corrected chi connectivity index (χ1v) is 14.1. The number of carbonyl (C=O) groups excluding carboxylic acids is 2. The van der Waals surface area contributed by atoms with Crippen LogP contribution >= 0.6 is 11.6 Å². The van der Waals surface area contributed by atoms with Crippen LogP contribution in [0.15, 0.2) is 67.0 Å². The van der Waals surface area contributed by atoms with Gasteiger partial charge in [-0.3, -0.25) is 14.5 Å². The number of hydrogen-bond donors (Lipinski definition) is 2. The fraction of sp³-hybridized carbons (Fsp3) is 0.400. The molecule has 3 aromatic rings. The molecule has 0 bridgehead atoms. The van der Waals surface area contributed by atoms with Crippen molar-refractivity contribution in [2.75, 3.05) is 9.80 Å². The summed E-state index contributed by atoms with van der Waals surface area (Å²) >= 11 is 6.72. The van der Waals surface area contributed by atoms with Crippen molar-refractivity contribution in [3.8, 4) is 0 Å². The van der Waals surface area contributed by atoms with Crippen LogP contribution in [0.25, 0.3) is 0 Å². The average Bonchev–Trinajstić information content (AvgIpc) is 3.35. The van der Waals surface area contributed by atoms with Gasteiger partial charge in [-0.25, -0.2) is 14.4 Å². The summed E-state index contributed by atoms with van der Waals surface area (Å²) in [6, 6.07) is 13.5. The second kappa shape index (κ2) is 11.9. The lowest BCUT2D eigenvalue weighted by molar-refractivity contribution is -0.128. The molecule has 1 saturated carbocycles. The van der Waals surface area contributed by atoms with Crippen LogP contribution < -0.4 is 15.1 Å². The SMILES string of the molecule is CC(C(=O)NC1CCCCC1)(c1ccccc1Cl)N(c1cccc(F)c1)C(O)[C@@H]1CCC(=O)N1c1ncccn1. The van der Waals surface area contributed by atoms with E-state index in [0.717, 1.165) is 32.1 Å². The van der Waals surface area contributed by atoms with Crippen molar-refractivity contribution in [1.29, 1.82) is 0 Å². The molecule has 40 heavy (non-hydrogen) atoms. The van der Waals surface area contributed by atoms with Crippen LogP contribution in [0.1, 0.15) is 57.4 Å². The van der Waals surface area contributed by atoms with Gasteiger partial charge >= 0.3 is 0 Å². The van der Waals surface area contributed by atoms with E-state index >= 15 is 0 Å². The third-order valence-electron chi connectivity index (χ3n) is 7.98. The van der Waals surface area contributed by atoms with Gasteiger partial charge in [0.1, 0.15) is 17.6 Å². The van der Waals surface area contributed by atoms with Crippen LogP contribution in [0, 0.1) is 5.82 Å². The molecule has 2 unspecified atom stereocenters. The summed E-state index contributed by atoms with van der Waals surface area (Å²) in [5.74, 6) is -1.00. The Labute approximate surface area is 238 Å². The molecule has 2 fully saturated rings. The molecule has 8 nitrogen and oxygen atoms in total. The molecule has 10 heteroatoms. The van der Waals surface area contributed by atoms with Crippen LogP contribution in [0.3, 0.4) is 0 Å². The second-order valence-corrected chi connectivity index (χ2v) is 10.9. The van der Waals surface area contributed by atoms with Crippen molar-refractivity contribution in [3.63, 3.8) is 0 Å². The van der Waals surface area contributed by atoms with Crippen molar-refractivity contribution in [2.45, 2.75) is 75.7 Å². The minimum absolute atomic E-state index is 0.0307. The molecule has 3 atom stereocenters. The first-order valence-electron chi connectivity index (χ1n) is 13.7. The number of benzene rings is 2. The third kappa shape index (κ3) is 5.40. The molecule has 2 N–H and O–H groups in total. The Kier molecular flexibility index (Phi) is 8.32. The van der Waals surface area contributed by atoms with Crippen LogP contribution in [0.2, 0.25) is 5.02 Å². The van der Waals surface area contributed by atoms with E-state index in [2.05, 4.69) is 15.3 Å². The molecule has 1 saturated heterocycles. The quantitative estimate of drug-likeness (QED) is 0.375. The highest BCUT2D eigenvalue weighted by molar-refractivity contribution is 6.31. The number of nitrogens with one attached hydrogen (secondary N) is 1. The lowest BCUT2D eigenvalue weighted by Crippen LogP contribution is -2.64. The first-order chi connectivity index (χ1) is 19.3. The monoisotopic (exact) mass is 565 g/mol. The fourth-order valence-electron chi connectivity index (χ4n) is 5.93. The van der Waals surface area contributed by atoms with Gasteiger partial charge in [0, 0.05) is 41.1 Å². The largest absolute Gasteiger partial charge is 0.371 e. The van der Waals surface area contributed by atoms with Crippen molar-refractivity contribution >= 4 is 35.1 Å². The summed E-state index contributed by atoms with van der Waals surface area (Å²) in [4.78, 5) is 38.8. The third-order valence-corrected chi connectivity index (χ3v) is 8.31. The molecular formula is C30H33ClFN5O3. The normalized spacial score (nSPS) is 20.1. The predicted molar refractivity (Wildman–Crippen MR) is 151 cm³/mol. The summed E-state index contributed by atoms with van der Waals surface area (Å²) in [5, 5.41) is 15.7. The summed E-state index contributed by atoms with van der Waals surface area (Å²) < 4.78 is 14.7. The summed E-state index contributed by atoms with van der Waals surface area (Å²) in [5.41, 5.74) is -0.875. The smallest absolute Gasteiger partial charge is 0.250 e. The summed E-state index contributed by atoms with van der Waals surface area (Å²) in [6.07, 6.45) is 6.89. The molecule has 1 aliphatic heterocycles.